The van der Waals surface area contributed by atoms with E-state index in [0.29, 0.717) is 11.3 Å². The Balaban J connectivity index is 2.83. The number of hydrogen-bond acceptors (Lipinski definition) is 7. The highest BCUT2D eigenvalue weighted by molar-refractivity contribution is 8.00. The molecule has 152 valence electrons. The molecule has 0 radical (unpaired) electrons. The molecule has 0 aliphatic carbocycles. The van der Waals surface area contributed by atoms with Crippen molar-refractivity contribution in [3.63, 3.8) is 0 Å². The van der Waals surface area contributed by atoms with Crippen LogP contribution in [0.5, 0.6) is 0 Å². The number of carbonyl (C=O) groups excluding carboxylic acids is 3. The van der Waals surface area contributed by atoms with E-state index in [4.69, 9.17) is 0 Å². The summed E-state index contributed by atoms with van der Waals surface area (Å²) >= 11 is 1.60. The van der Waals surface area contributed by atoms with Gasteiger partial charge in [0.15, 0.2) is 10.0 Å². The van der Waals surface area contributed by atoms with Crippen molar-refractivity contribution >= 4 is 45.9 Å². The summed E-state index contributed by atoms with van der Waals surface area (Å²) in [5, 5.41) is 3.14. The van der Waals surface area contributed by atoms with Crippen LogP contribution < -0.4 is 10.6 Å². The molecule has 27 heavy (non-hydrogen) atoms. The fourth-order valence-electron chi connectivity index (χ4n) is 1.42. The van der Waals surface area contributed by atoms with Gasteiger partial charge in [0.25, 0.3) is 5.91 Å². The Hall–Kier alpha value is -2.03. The minimum absolute atomic E-state index is 0.161. The molecular weight excluding hydrogens is 428 g/mol. The van der Waals surface area contributed by atoms with Crippen LogP contribution >= 0.6 is 23.1 Å². The van der Waals surface area contributed by atoms with Crippen LogP contribution in [0, 0.1) is 0 Å². The number of nitrogens with zero attached hydrogens (tertiary/aromatic N) is 1. The largest absolute Gasteiger partial charge is 0.490 e. The van der Waals surface area contributed by atoms with E-state index in [9.17, 15) is 40.7 Å². The number of carbonyl (C=O) groups is 3. The molecule has 1 atom stereocenters. The molecule has 7 nitrogen and oxygen atoms in total. The molecule has 0 aliphatic heterocycles. The van der Waals surface area contributed by atoms with E-state index in [1.807, 2.05) is 0 Å². The van der Waals surface area contributed by atoms with E-state index in [1.165, 1.54) is 18.5 Å². The first-order valence-electron chi connectivity index (χ1n) is 6.73. The van der Waals surface area contributed by atoms with Gasteiger partial charge in [0.05, 0.1) is 6.04 Å². The van der Waals surface area contributed by atoms with Gasteiger partial charge in [0, 0.05) is 0 Å². The van der Waals surface area contributed by atoms with Gasteiger partial charge in [0.1, 0.15) is 11.6 Å². The number of alkyl halides is 6. The number of halogens is 6. The monoisotopic (exact) mass is 439 g/mol. The van der Waals surface area contributed by atoms with Crippen LogP contribution in [0.25, 0.3) is 0 Å². The van der Waals surface area contributed by atoms with Crippen LogP contribution in [0.2, 0.25) is 0 Å². The molecule has 2 N–H and O–H groups in total. The molecule has 0 spiro atoms. The summed E-state index contributed by atoms with van der Waals surface area (Å²) in [7, 11) is 0. The summed E-state index contributed by atoms with van der Waals surface area (Å²) < 4.78 is 77.3. The lowest BCUT2D eigenvalue weighted by atomic mass is 10.3. The normalized spacial score (nSPS) is 13.0. The maximum atomic E-state index is 12.4. The van der Waals surface area contributed by atoms with Crippen LogP contribution in [0.1, 0.15) is 17.4 Å². The van der Waals surface area contributed by atoms with Gasteiger partial charge in [-0.1, -0.05) is 23.1 Å². The quantitative estimate of drug-likeness (QED) is 0.402. The maximum absolute atomic E-state index is 12.4. The molecule has 1 aromatic heterocycles. The average molecular weight is 439 g/mol. The first kappa shape index (κ1) is 23.0. The number of rotatable bonds is 6. The van der Waals surface area contributed by atoms with Crippen molar-refractivity contribution in [3.05, 3.63) is 5.69 Å². The van der Waals surface area contributed by atoms with Crippen molar-refractivity contribution in [2.75, 3.05) is 18.2 Å². The van der Waals surface area contributed by atoms with Crippen molar-refractivity contribution in [2.24, 2.45) is 0 Å². The Labute approximate surface area is 155 Å². The summed E-state index contributed by atoms with van der Waals surface area (Å²) in [6, 6.07) is -1.12. The van der Waals surface area contributed by atoms with Crippen molar-refractivity contribution in [1.29, 1.82) is 0 Å². The molecule has 0 saturated heterocycles. The van der Waals surface area contributed by atoms with Gasteiger partial charge < -0.3 is 15.4 Å². The van der Waals surface area contributed by atoms with Gasteiger partial charge >= 0.3 is 24.2 Å². The third-order valence-electron chi connectivity index (χ3n) is 2.56. The minimum atomic E-state index is -5.21. The van der Waals surface area contributed by atoms with Gasteiger partial charge in [-0.15, -0.1) is 0 Å². The highest BCUT2D eigenvalue weighted by atomic mass is 32.2. The van der Waals surface area contributed by atoms with Crippen LogP contribution in [0.3, 0.4) is 0 Å². The number of ether oxygens (including phenoxy) is 1. The van der Waals surface area contributed by atoms with Gasteiger partial charge in [-0.25, -0.2) is 9.78 Å². The number of thioether (sulfide) groups is 1. The average Bonchev–Trinajstić information content (AvgIpc) is 2.93. The van der Waals surface area contributed by atoms with E-state index < -0.39 is 53.5 Å². The van der Waals surface area contributed by atoms with Crippen LogP contribution in [0.4, 0.5) is 31.3 Å². The number of hydrogen-bond donors (Lipinski definition) is 2. The minimum Gasteiger partial charge on any atom is -0.457 e. The fourth-order valence-corrected chi connectivity index (χ4v) is 2.87. The Morgan fingerprint density at radius 3 is 2.26 bits per heavy atom. The number of anilines is 1. The van der Waals surface area contributed by atoms with Crippen molar-refractivity contribution in [1.82, 2.24) is 10.3 Å². The van der Waals surface area contributed by atoms with E-state index in [2.05, 4.69) is 15.0 Å². The van der Waals surface area contributed by atoms with E-state index in [-0.39, 0.29) is 4.34 Å². The molecule has 0 aromatic carbocycles. The van der Waals surface area contributed by atoms with Gasteiger partial charge in [-0.05, 0) is 13.2 Å². The smallest absolute Gasteiger partial charge is 0.457 e. The zero-order valence-corrected chi connectivity index (χ0v) is 15.1. The van der Waals surface area contributed by atoms with Crippen LogP contribution in [-0.2, 0) is 14.3 Å². The molecule has 0 bridgehead atoms. The summed E-state index contributed by atoms with van der Waals surface area (Å²) in [4.78, 5) is 37.5. The number of esters is 1. The lowest BCUT2D eigenvalue weighted by molar-refractivity contribution is -0.200. The maximum Gasteiger partial charge on any atom is 0.490 e. The second kappa shape index (κ2) is 8.77. The predicted molar refractivity (Wildman–Crippen MR) is 82.5 cm³/mol. The predicted octanol–water partition coefficient (Wildman–Crippen LogP) is 2.59. The second-order valence-electron chi connectivity index (χ2n) is 4.78. The fraction of sp³-hybridized carbons (Fsp3) is 0.500. The molecule has 1 heterocycles. The number of thiazole rings is 1. The van der Waals surface area contributed by atoms with Gasteiger partial charge in [-0.2, -0.15) is 26.3 Å². The van der Waals surface area contributed by atoms with Crippen molar-refractivity contribution in [3.8, 4) is 0 Å². The molecule has 0 fully saturated rings. The second-order valence-corrected chi connectivity index (χ2v) is 6.84. The summed E-state index contributed by atoms with van der Waals surface area (Å²) in [6.45, 7) is 0.352. The third kappa shape index (κ3) is 6.89. The highest BCUT2D eigenvalue weighted by Gasteiger charge is 2.41. The Morgan fingerprint density at radius 2 is 1.78 bits per heavy atom. The van der Waals surface area contributed by atoms with Gasteiger partial charge in [0.2, 0.25) is 0 Å². The zero-order valence-electron chi connectivity index (χ0n) is 13.4. The van der Waals surface area contributed by atoms with E-state index >= 15 is 0 Å². The molecule has 15 heteroatoms. The first-order chi connectivity index (χ1) is 12.3. The Morgan fingerprint density at radius 1 is 1.19 bits per heavy atom. The van der Waals surface area contributed by atoms with E-state index in [1.54, 1.807) is 0 Å². The van der Waals surface area contributed by atoms with Crippen molar-refractivity contribution in [2.45, 2.75) is 29.7 Å². The van der Waals surface area contributed by atoms with Crippen molar-refractivity contribution < 1.29 is 45.5 Å². The Kier molecular flexibility index (Phi) is 7.48. The third-order valence-corrected chi connectivity index (χ3v) is 4.51. The number of nitrogens with one attached hydrogen (secondary N) is 2. The van der Waals surface area contributed by atoms with Crippen LogP contribution in [0.15, 0.2) is 4.34 Å². The van der Waals surface area contributed by atoms with Gasteiger partial charge in [-0.3, -0.25) is 9.59 Å². The number of amides is 2. The zero-order chi connectivity index (χ0) is 21.0. The van der Waals surface area contributed by atoms with E-state index in [0.717, 1.165) is 11.8 Å². The number of aromatic nitrogens is 1. The molecule has 0 aliphatic rings. The molecular formula is C12H11F6N3O4S2. The summed E-state index contributed by atoms with van der Waals surface area (Å²) in [5.41, 5.74) is -0.559. The molecule has 1 aromatic rings. The molecule has 1 rings (SSSR count). The van der Waals surface area contributed by atoms with Crippen LogP contribution in [-0.4, -0.2) is 54.0 Å². The first-order valence-corrected chi connectivity index (χ1v) is 8.77. The molecule has 0 saturated carbocycles. The topological polar surface area (TPSA) is 97.4 Å². The highest BCUT2D eigenvalue weighted by Crippen LogP contribution is 2.31. The molecule has 2 amide bonds. The lowest BCUT2D eigenvalue weighted by Gasteiger charge is -2.15. The standard InChI is InChI=1S/C12H11F6N3O4S2/c1-4(3-25-9(24)12(16,17)18)19-6(22)5-7(27-10(20-5)26-2)21-8(23)11(13,14)15/h4H,3H2,1-2H3,(H,19,22)(H,21,23)/t4-/m0/s1. The summed E-state index contributed by atoms with van der Waals surface area (Å²) in [6.07, 6.45) is -8.88. The Bertz CT molecular complexity index is 719. The lowest BCUT2D eigenvalue weighted by Crippen LogP contribution is -2.39. The summed E-state index contributed by atoms with van der Waals surface area (Å²) in [5.74, 6) is -5.85. The molecule has 0 unspecified atom stereocenters. The SMILES string of the molecule is CSc1nc(C(=O)N[C@@H](C)COC(=O)C(F)(F)F)c(NC(=O)C(F)(F)F)s1.